The van der Waals surface area contributed by atoms with Crippen molar-refractivity contribution in [1.82, 2.24) is 9.13 Å². The first kappa shape index (κ1) is 30.0. The molecule has 0 spiro atoms. The summed E-state index contributed by atoms with van der Waals surface area (Å²) in [6.07, 6.45) is 2.31. The van der Waals surface area contributed by atoms with Crippen LogP contribution in [0.4, 0.5) is 0 Å². The Labute approximate surface area is 302 Å². The summed E-state index contributed by atoms with van der Waals surface area (Å²) in [5, 5.41) is 7.33. The number of hydrogen-bond acceptors (Lipinski definition) is 1. The summed E-state index contributed by atoms with van der Waals surface area (Å²) < 4.78 is 10.3. The first-order chi connectivity index (χ1) is 25.7. The van der Waals surface area contributed by atoms with Gasteiger partial charge in [-0.1, -0.05) is 133 Å². The second kappa shape index (κ2) is 12.2. The second-order valence-electron chi connectivity index (χ2n) is 13.4. The summed E-state index contributed by atoms with van der Waals surface area (Å²) in [6.45, 7) is 0. The molecule has 2 aromatic heterocycles. The standard InChI is InChI=1S/C49H34N2O/c1-52-40-26-24-39(25-27-40)51-47-29-36(21-22-38(47)31-49(51)43-19-9-15-33-13-5-7-17-41(33)43)37-23-28-44-45(35-11-3-2-4-12-35)32-50(48(44)30-37)46-20-10-16-34-14-6-8-18-42(34)46/h2-32H,1H3. The van der Waals surface area contributed by atoms with Crippen molar-refractivity contribution < 1.29 is 4.74 Å². The van der Waals surface area contributed by atoms with Crippen molar-refractivity contribution in [2.45, 2.75) is 0 Å². The van der Waals surface area contributed by atoms with E-state index in [2.05, 4.69) is 185 Å². The van der Waals surface area contributed by atoms with Crippen molar-refractivity contribution in [3.05, 3.63) is 188 Å². The molecule has 0 aliphatic rings. The Balaban J connectivity index is 1.20. The van der Waals surface area contributed by atoms with Gasteiger partial charge >= 0.3 is 0 Å². The lowest BCUT2D eigenvalue weighted by Gasteiger charge is -2.14. The molecule has 0 saturated heterocycles. The normalized spacial score (nSPS) is 11.6. The van der Waals surface area contributed by atoms with Crippen LogP contribution in [0.3, 0.4) is 0 Å². The molecule has 0 aliphatic heterocycles. The average Bonchev–Trinajstić information content (AvgIpc) is 3.79. The number of benzene rings is 8. The topological polar surface area (TPSA) is 19.1 Å². The molecular formula is C49H34N2O. The van der Waals surface area contributed by atoms with Crippen LogP contribution >= 0.6 is 0 Å². The summed E-state index contributed by atoms with van der Waals surface area (Å²) in [5.74, 6) is 0.838. The van der Waals surface area contributed by atoms with E-state index in [1.165, 1.54) is 71.3 Å². The van der Waals surface area contributed by atoms with E-state index in [0.29, 0.717) is 0 Å². The van der Waals surface area contributed by atoms with E-state index in [9.17, 15) is 0 Å². The summed E-state index contributed by atoms with van der Waals surface area (Å²) in [5.41, 5.74) is 11.7. The maximum absolute atomic E-state index is 5.54. The van der Waals surface area contributed by atoms with Crippen LogP contribution in [-0.4, -0.2) is 16.2 Å². The molecule has 0 aliphatic carbocycles. The third kappa shape index (κ3) is 4.90. The largest absolute Gasteiger partial charge is 0.497 e. The van der Waals surface area contributed by atoms with Gasteiger partial charge in [0.15, 0.2) is 0 Å². The van der Waals surface area contributed by atoms with Gasteiger partial charge in [-0.3, -0.25) is 0 Å². The highest BCUT2D eigenvalue weighted by Gasteiger charge is 2.18. The van der Waals surface area contributed by atoms with Gasteiger partial charge in [0, 0.05) is 39.2 Å². The minimum Gasteiger partial charge on any atom is -0.497 e. The van der Waals surface area contributed by atoms with E-state index in [4.69, 9.17) is 4.74 Å². The summed E-state index contributed by atoms with van der Waals surface area (Å²) >= 11 is 0. The molecule has 10 aromatic rings. The fourth-order valence-corrected chi connectivity index (χ4v) is 7.91. The fraction of sp³-hybridized carbons (Fsp3) is 0.0204. The highest BCUT2D eigenvalue weighted by molar-refractivity contribution is 6.03. The SMILES string of the molecule is COc1ccc(-n2c(-c3cccc4ccccc34)cc3ccc(-c4ccc5c(-c6ccccc6)cn(-c6cccc7ccccc67)c5c4)cc32)cc1. The minimum atomic E-state index is 0.838. The molecule has 3 nitrogen and oxygen atoms in total. The van der Waals surface area contributed by atoms with Crippen molar-refractivity contribution in [2.75, 3.05) is 7.11 Å². The number of nitrogens with zero attached hydrogens (tertiary/aromatic N) is 2. The van der Waals surface area contributed by atoms with Gasteiger partial charge in [-0.15, -0.1) is 0 Å². The maximum atomic E-state index is 5.54. The van der Waals surface area contributed by atoms with Crippen LogP contribution in [0.15, 0.2) is 188 Å². The summed E-state index contributed by atoms with van der Waals surface area (Å²) in [6, 6.07) is 65.6. The van der Waals surface area contributed by atoms with Crippen LogP contribution in [0.5, 0.6) is 5.75 Å². The fourth-order valence-electron chi connectivity index (χ4n) is 7.91. The van der Waals surface area contributed by atoms with Crippen LogP contribution in [-0.2, 0) is 0 Å². The van der Waals surface area contributed by atoms with E-state index >= 15 is 0 Å². The lowest BCUT2D eigenvalue weighted by Crippen LogP contribution is -1.98. The van der Waals surface area contributed by atoms with Crippen LogP contribution in [0.2, 0.25) is 0 Å². The molecule has 52 heavy (non-hydrogen) atoms. The maximum Gasteiger partial charge on any atom is 0.119 e. The molecule has 3 heteroatoms. The first-order valence-electron chi connectivity index (χ1n) is 17.7. The number of hydrogen-bond donors (Lipinski definition) is 0. The summed E-state index contributed by atoms with van der Waals surface area (Å²) in [7, 11) is 1.71. The van der Waals surface area contributed by atoms with Crippen LogP contribution in [0.25, 0.3) is 88.2 Å². The van der Waals surface area contributed by atoms with Crippen LogP contribution in [0.1, 0.15) is 0 Å². The molecular weight excluding hydrogens is 633 g/mol. The quantitative estimate of drug-likeness (QED) is 0.173. The molecule has 0 unspecified atom stereocenters. The number of rotatable bonds is 6. The highest BCUT2D eigenvalue weighted by atomic mass is 16.5. The van der Waals surface area contributed by atoms with Crippen molar-refractivity contribution in [1.29, 1.82) is 0 Å². The molecule has 8 aromatic carbocycles. The van der Waals surface area contributed by atoms with Crippen molar-refractivity contribution in [3.8, 4) is 50.6 Å². The van der Waals surface area contributed by atoms with Gasteiger partial charge in [-0.05, 0) is 81.4 Å². The molecule has 0 atom stereocenters. The van der Waals surface area contributed by atoms with Gasteiger partial charge in [0.2, 0.25) is 0 Å². The number of fused-ring (bicyclic) bond motifs is 4. The van der Waals surface area contributed by atoms with E-state index in [0.717, 1.165) is 22.6 Å². The average molecular weight is 667 g/mol. The molecule has 0 fully saturated rings. The van der Waals surface area contributed by atoms with Crippen LogP contribution < -0.4 is 4.74 Å². The molecule has 0 bridgehead atoms. The Morgan fingerprint density at radius 3 is 1.87 bits per heavy atom. The Kier molecular flexibility index (Phi) is 7.04. The Morgan fingerprint density at radius 1 is 0.423 bits per heavy atom. The molecule has 246 valence electrons. The minimum absolute atomic E-state index is 0.838. The Bertz CT molecular complexity index is 2920. The second-order valence-corrected chi connectivity index (χ2v) is 13.4. The van der Waals surface area contributed by atoms with E-state index in [1.54, 1.807) is 7.11 Å². The van der Waals surface area contributed by atoms with Gasteiger partial charge in [-0.2, -0.15) is 0 Å². The third-order valence-corrected chi connectivity index (χ3v) is 10.5. The van der Waals surface area contributed by atoms with Crippen molar-refractivity contribution >= 4 is 43.4 Å². The molecule has 0 amide bonds. The zero-order valence-corrected chi connectivity index (χ0v) is 28.7. The zero-order valence-electron chi connectivity index (χ0n) is 28.7. The van der Waals surface area contributed by atoms with Gasteiger partial charge < -0.3 is 13.9 Å². The van der Waals surface area contributed by atoms with Gasteiger partial charge in [-0.25, -0.2) is 0 Å². The lowest BCUT2D eigenvalue weighted by molar-refractivity contribution is 0.415. The first-order valence-corrected chi connectivity index (χ1v) is 17.7. The molecule has 0 N–H and O–H groups in total. The predicted octanol–water partition coefficient (Wildman–Crippen LogP) is 12.9. The highest BCUT2D eigenvalue weighted by Crippen LogP contribution is 2.40. The molecule has 2 heterocycles. The van der Waals surface area contributed by atoms with Crippen molar-refractivity contribution in [3.63, 3.8) is 0 Å². The van der Waals surface area contributed by atoms with Gasteiger partial charge in [0.1, 0.15) is 5.75 Å². The third-order valence-electron chi connectivity index (χ3n) is 10.5. The number of aromatic nitrogens is 2. The number of ether oxygens (including phenoxy) is 1. The van der Waals surface area contributed by atoms with E-state index in [-0.39, 0.29) is 0 Å². The van der Waals surface area contributed by atoms with Crippen molar-refractivity contribution in [2.24, 2.45) is 0 Å². The lowest BCUT2D eigenvalue weighted by atomic mass is 10.00. The number of methoxy groups -OCH3 is 1. The molecule has 10 rings (SSSR count). The smallest absolute Gasteiger partial charge is 0.119 e. The molecule has 0 saturated carbocycles. The monoisotopic (exact) mass is 666 g/mol. The van der Waals surface area contributed by atoms with E-state index < -0.39 is 0 Å². The zero-order chi connectivity index (χ0) is 34.6. The van der Waals surface area contributed by atoms with Gasteiger partial charge in [0.25, 0.3) is 0 Å². The Hall–Kier alpha value is -6.84. The predicted molar refractivity (Wildman–Crippen MR) is 218 cm³/mol. The molecule has 0 radical (unpaired) electrons. The van der Waals surface area contributed by atoms with Crippen LogP contribution in [0, 0.1) is 0 Å². The van der Waals surface area contributed by atoms with E-state index in [1.807, 2.05) is 12.1 Å². The summed E-state index contributed by atoms with van der Waals surface area (Å²) in [4.78, 5) is 0. The Morgan fingerprint density at radius 2 is 1.08 bits per heavy atom. The van der Waals surface area contributed by atoms with Gasteiger partial charge in [0.05, 0.1) is 29.5 Å².